The number of hydrogen-bond donors (Lipinski definition) is 1. The van der Waals surface area contributed by atoms with E-state index in [-0.39, 0.29) is 6.61 Å². The predicted octanol–water partition coefficient (Wildman–Crippen LogP) is 1.79. The summed E-state index contributed by atoms with van der Waals surface area (Å²) in [7, 11) is 0. The lowest BCUT2D eigenvalue weighted by molar-refractivity contribution is 0.276. The molecule has 14 heavy (non-hydrogen) atoms. The molecule has 1 N–H and O–H groups in total. The van der Waals surface area contributed by atoms with E-state index < -0.39 is 0 Å². The van der Waals surface area contributed by atoms with E-state index in [0.717, 1.165) is 25.9 Å². The second-order valence-corrected chi connectivity index (χ2v) is 3.21. The number of aliphatic hydroxyl groups excluding tert-OH is 1. The molecule has 0 aliphatic rings. The number of unbranched alkanes of at least 4 members (excludes halogenated alkanes) is 1. The maximum Gasteiger partial charge on any atom is 0.297 e. The van der Waals surface area contributed by atoms with Gasteiger partial charge in [0.2, 0.25) is 0 Å². The van der Waals surface area contributed by atoms with Crippen molar-refractivity contribution < 1.29 is 9.52 Å². The Hall–Kier alpha value is -1.03. The maximum absolute atomic E-state index is 8.84. The summed E-state index contributed by atoms with van der Waals surface area (Å²) in [5.74, 6) is 0. The normalized spacial score (nSPS) is 10.5. The molecule has 0 aliphatic heterocycles. The molecule has 0 atom stereocenters. The highest BCUT2D eigenvalue weighted by atomic mass is 16.4. The molecular formula is C10H18N2O2. The quantitative estimate of drug-likeness (QED) is 0.757. The first-order chi connectivity index (χ1) is 6.81. The number of anilines is 1. The van der Waals surface area contributed by atoms with Gasteiger partial charge in [-0.25, -0.2) is 0 Å². The van der Waals surface area contributed by atoms with Crippen LogP contribution in [0.15, 0.2) is 10.7 Å². The van der Waals surface area contributed by atoms with Gasteiger partial charge in [-0.05, 0) is 13.3 Å². The van der Waals surface area contributed by atoms with Crippen molar-refractivity contribution in [3.05, 3.63) is 12.0 Å². The van der Waals surface area contributed by atoms with E-state index in [9.17, 15) is 0 Å². The zero-order chi connectivity index (χ0) is 10.4. The lowest BCUT2D eigenvalue weighted by Gasteiger charge is -2.17. The van der Waals surface area contributed by atoms with Crippen LogP contribution in [0.2, 0.25) is 0 Å². The molecule has 1 aromatic heterocycles. The van der Waals surface area contributed by atoms with Gasteiger partial charge in [0.25, 0.3) is 6.01 Å². The SMILES string of the molecule is CCCCN(CC)c1nc(CO)co1. The molecule has 1 heterocycles. The standard InChI is InChI=1S/C10H18N2O2/c1-3-5-6-12(4-2)10-11-9(7-13)8-14-10/h8,13H,3-7H2,1-2H3. The highest BCUT2D eigenvalue weighted by molar-refractivity contribution is 5.26. The van der Waals surface area contributed by atoms with Crippen LogP contribution in [0, 0.1) is 0 Å². The van der Waals surface area contributed by atoms with Gasteiger partial charge in [-0.1, -0.05) is 13.3 Å². The third-order valence-electron chi connectivity index (χ3n) is 2.14. The van der Waals surface area contributed by atoms with Gasteiger partial charge in [-0.15, -0.1) is 0 Å². The maximum atomic E-state index is 8.84. The van der Waals surface area contributed by atoms with Gasteiger partial charge in [0.1, 0.15) is 12.0 Å². The molecule has 0 radical (unpaired) electrons. The highest BCUT2D eigenvalue weighted by Crippen LogP contribution is 2.13. The zero-order valence-corrected chi connectivity index (χ0v) is 8.86. The van der Waals surface area contributed by atoms with Gasteiger partial charge in [0.05, 0.1) is 6.61 Å². The minimum atomic E-state index is -0.0607. The molecule has 0 saturated carbocycles. The smallest absolute Gasteiger partial charge is 0.297 e. The van der Waals surface area contributed by atoms with Crippen molar-refractivity contribution in [1.29, 1.82) is 0 Å². The van der Waals surface area contributed by atoms with E-state index in [1.165, 1.54) is 6.26 Å². The lowest BCUT2D eigenvalue weighted by atomic mass is 10.3. The van der Waals surface area contributed by atoms with E-state index in [2.05, 4.69) is 23.7 Å². The fourth-order valence-electron chi connectivity index (χ4n) is 1.25. The molecule has 0 aliphatic carbocycles. The summed E-state index contributed by atoms with van der Waals surface area (Å²) in [6, 6.07) is 0.616. The molecule has 4 heteroatoms. The third kappa shape index (κ3) is 2.73. The van der Waals surface area contributed by atoms with Gasteiger partial charge in [0.15, 0.2) is 0 Å². The van der Waals surface area contributed by atoms with Crippen LogP contribution >= 0.6 is 0 Å². The number of nitrogens with zero attached hydrogens (tertiary/aromatic N) is 2. The molecule has 1 aromatic rings. The summed E-state index contributed by atoms with van der Waals surface area (Å²) in [4.78, 5) is 6.23. The van der Waals surface area contributed by atoms with Gasteiger partial charge in [-0.3, -0.25) is 0 Å². The Morgan fingerprint density at radius 1 is 1.50 bits per heavy atom. The third-order valence-corrected chi connectivity index (χ3v) is 2.14. The molecular weight excluding hydrogens is 180 g/mol. The van der Waals surface area contributed by atoms with Crippen LogP contribution in [-0.2, 0) is 6.61 Å². The monoisotopic (exact) mass is 198 g/mol. The molecule has 0 spiro atoms. The average molecular weight is 198 g/mol. The zero-order valence-electron chi connectivity index (χ0n) is 8.86. The summed E-state index contributed by atoms with van der Waals surface area (Å²) in [6.07, 6.45) is 3.79. The van der Waals surface area contributed by atoms with Crippen molar-refractivity contribution in [3.8, 4) is 0 Å². The summed E-state index contributed by atoms with van der Waals surface area (Å²) >= 11 is 0. The number of rotatable bonds is 6. The molecule has 0 unspecified atom stereocenters. The minimum absolute atomic E-state index is 0.0607. The topological polar surface area (TPSA) is 49.5 Å². The summed E-state index contributed by atoms with van der Waals surface area (Å²) in [6.45, 7) is 6.00. The number of aromatic nitrogens is 1. The van der Waals surface area contributed by atoms with E-state index >= 15 is 0 Å². The van der Waals surface area contributed by atoms with Crippen LogP contribution in [-0.4, -0.2) is 23.2 Å². The highest BCUT2D eigenvalue weighted by Gasteiger charge is 2.09. The van der Waals surface area contributed by atoms with E-state index in [4.69, 9.17) is 9.52 Å². The number of oxazole rings is 1. The Morgan fingerprint density at radius 2 is 2.29 bits per heavy atom. The Bertz CT molecular complexity index is 260. The van der Waals surface area contributed by atoms with Gasteiger partial charge in [0, 0.05) is 13.1 Å². The van der Waals surface area contributed by atoms with Crippen molar-refractivity contribution in [2.75, 3.05) is 18.0 Å². The molecule has 0 fully saturated rings. The predicted molar refractivity (Wildman–Crippen MR) is 55.2 cm³/mol. The van der Waals surface area contributed by atoms with Gasteiger partial charge in [-0.2, -0.15) is 4.98 Å². The van der Waals surface area contributed by atoms with Gasteiger partial charge >= 0.3 is 0 Å². The average Bonchev–Trinajstić information content (AvgIpc) is 2.68. The van der Waals surface area contributed by atoms with Crippen molar-refractivity contribution in [1.82, 2.24) is 4.98 Å². The summed E-state index contributed by atoms with van der Waals surface area (Å²) < 4.78 is 5.26. The van der Waals surface area contributed by atoms with Crippen LogP contribution in [0.1, 0.15) is 32.4 Å². The molecule has 1 rings (SSSR count). The fraction of sp³-hybridized carbons (Fsp3) is 0.700. The fourth-order valence-corrected chi connectivity index (χ4v) is 1.25. The molecule has 0 bridgehead atoms. The molecule has 0 aromatic carbocycles. The van der Waals surface area contributed by atoms with Gasteiger partial charge < -0.3 is 14.4 Å². The number of hydrogen-bond acceptors (Lipinski definition) is 4. The second kappa shape index (κ2) is 5.65. The van der Waals surface area contributed by atoms with Crippen LogP contribution in [0.3, 0.4) is 0 Å². The van der Waals surface area contributed by atoms with E-state index in [1.54, 1.807) is 0 Å². The van der Waals surface area contributed by atoms with Crippen LogP contribution in [0.4, 0.5) is 6.01 Å². The molecule has 80 valence electrons. The summed E-state index contributed by atoms with van der Waals surface area (Å²) in [5, 5.41) is 8.84. The first kappa shape index (κ1) is 11.0. The van der Waals surface area contributed by atoms with E-state index in [1.807, 2.05) is 0 Å². The van der Waals surface area contributed by atoms with Crippen molar-refractivity contribution >= 4 is 6.01 Å². The Labute approximate surface area is 84.6 Å². The minimum Gasteiger partial charge on any atom is -0.432 e. The Balaban J connectivity index is 2.58. The Morgan fingerprint density at radius 3 is 2.79 bits per heavy atom. The number of aliphatic hydroxyl groups is 1. The van der Waals surface area contributed by atoms with Crippen LogP contribution < -0.4 is 4.90 Å². The van der Waals surface area contributed by atoms with Crippen LogP contribution in [0.5, 0.6) is 0 Å². The largest absolute Gasteiger partial charge is 0.432 e. The summed E-state index contributed by atoms with van der Waals surface area (Å²) in [5.41, 5.74) is 0.593. The van der Waals surface area contributed by atoms with Crippen molar-refractivity contribution in [3.63, 3.8) is 0 Å². The first-order valence-corrected chi connectivity index (χ1v) is 5.12. The van der Waals surface area contributed by atoms with Crippen LogP contribution in [0.25, 0.3) is 0 Å². The molecule has 0 amide bonds. The second-order valence-electron chi connectivity index (χ2n) is 3.21. The lowest BCUT2D eigenvalue weighted by Crippen LogP contribution is -2.24. The first-order valence-electron chi connectivity index (χ1n) is 5.12. The van der Waals surface area contributed by atoms with Crippen molar-refractivity contribution in [2.45, 2.75) is 33.3 Å². The Kier molecular flexibility index (Phi) is 4.46. The van der Waals surface area contributed by atoms with Crippen molar-refractivity contribution in [2.24, 2.45) is 0 Å². The molecule has 4 nitrogen and oxygen atoms in total. The van der Waals surface area contributed by atoms with E-state index in [0.29, 0.717) is 11.7 Å². The molecule has 0 saturated heterocycles.